The molecule has 0 unspecified atom stereocenters. The second kappa shape index (κ2) is 3.71. The summed E-state index contributed by atoms with van der Waals surface area (Å²) in [6, 6.07) is 0.638. The quantitative estimate of drug-likeness (QED) is 0.836. The monoisotopic (exact) mass is 220 g/mol. The second-order valence-electron chi connectivity index (χ2n) is 3.97. The number of aromatic nitrogens is 3. The van der Waals surface area contributed by atoms with Crippen molar-refractivity contribution in [2.24, 2.45) is 0 Å². The lowest BCUT2D eigenvalue weighted by molar-refractivity contribution is 0.395. The molecule has 1 aliphatic rings. The first kappa shape index (κ1) is 9.53. The maximum atomic E-state index is 5.14. The predicted molar refractivity (Wildman–Crippen MR) is 54.4 cm³/mol. The van der Waals surface area contributed by atoms with E-state index in [-0.39, 0.29) is 0 Å². The number of hydrogen-bond acceptors (Lipinski definition) is 6. The Balaban J connectivity index is 1.74. The Morgan fingerprint density at radius 2 is 2.31 bits per heavy atom. The zero-order chi connectivity index (χ0) is 11.0. The van der Waals surface area contributed by atoms with Crippen LogP contribution in [0.15, 0.2) is 15.2 Å². The van der Waals surface area contributed by atoms with Gasteiger partial charge in [0.25, 0.3) is 5.89 Å². The third kappa shape index (κ3) is 1.83. The fourth-order valence-corrected chi connectivity index (χ4v) is 1.46. The summed E-state index contributed by atoms with van der Waals surface area (Å²) in [5.41, 5.74) is 0.755. The van der Waals surface area contributed by atoms with Crippen molar-refractivity contribution in [1.82, 2.24) is 20.6 Å². The van der Waals surface area contributed by atoms with Crippen LogP contribution in [-0.4, -0.2) is 21.3 Å². The lowest BCUT2D eigenvalue weighted by atomic mass is 10.3. The molecule has 2 aromatic heterocycles. The van der Waals surface area contributed by atoms with Crippen molar-refractivity contribution in [1.29, 1.82) is 0 Å². The molecule has 2 aromatic rings. The summed E-state index contributed by atoms with van der Waals surface area (Å²) in [4.78, 5) is 4.27. The van der Waals surface area contributed by atoms with Crippen LogP contribution in [0.2, 0.25) is 0 Å². The van der Waals surface area contributed by atoms with Gasteiger partial charge in [-0.25, -0.2) is 0 Å². The van der Waals surface area contributed by atoms with Gasteiger partial charge >= 0.3 is 0 Å². The van der Waals surface area contributed by atoms with E-state index < -0.39 is 0 Å². The van der Waals surface area contributed by atoms with Crippen molar-refractivity contribution in [3.63, 3.8) is 0 Å². The number of nitrogens with zero attached hydrogens (tertiary/aromatic N) is 3. The van der Waals surface area contributed by atoms with Crippen molar-refractivity contribution in [3.8, 4) is 11.5 Å². The van der Waals surface area contributed by atoms with Crippen LogP contribution in [-0.2, 0) is 6.54 Å². The Bertz CT molecular complexity index is 486. The standard InChI is InChI=1S/C10H12N4O2/c1-6-8(4-12-15-6)10-13-9(14-16-10)5-11-7-2-3-7/h4,7,11H,2-3,5H2,1H3. The molecule has 84 valence electrons. The van der Waals surface area contributed by atoms with Crippen molar-refractivity contribution in [2.75, 3.05) is 0 Å². The first-order chi connectivity index (χ1) is 7.83. The predicted octanol–water partition coefficient (Wildman–Crippen LogP) is 1.29. The lowest BCUT2D eigenvalue weighted by Gasteiger charge is -1.94. The molecule has 1 saturated carbocycles. The van der Waals surface area contributed by atoms with Gasteiger partial charge in [-0.3, -0.25) is 0 Å². The molecule has 1 N–H and O–H groups in total. The largest absolute Gasteiger partial charge is 0.361 e. The summed E-state index contributed by atoms with van der Waals surface area (Å²) in [6.07, 6.45) is 4.08. The van der Waals surface area contributed by atoms with E-state index in [1.54, 1.807) is 6.20 Å². The molecule has 0 bridgehead atoms. The molecule has 0 aromatic carbocycles. The van der Waals surface area contributed by atoms with Crippen molar-refractivity contribution < 1.29 is 9.05 Å². The molecule has 0 atom stereocenters. The molecule has 0 radical (unpaired) electrons. The van der Waals surface area contributed by atoms with Gasteiger partial charge in [-0.15, -0.1) is 0 Å². The molecule has 1 aliphatic carbocycles. The molecule has 0 spiro atoms. The number of rotatable bonds is 4. The highest BCUT2D eigenvalue weighted by molar-refractivity contribution is 5.53. The molecule has 0 amide bonds. The van der Waals surface area contributed by atoms with Crippen molar-refractivity contribution in [3.05, 3.63) is 17.8 Å². The van der Waals surface area contributed by atoms with E-state index >= 15 is 0 Å². The fourth-order valence-electron chi connectivity index (χ4n) is 1.46. The third-order valence-corrected chi connectivity index (χ3v) is 2.58. The highest BCUT2D eigenvalue weighted by Gasteiger charge is 2.21. The number of hydrogen-bond donors (Lipinski definition) is 1. The summed E-state index contributed by atoms with van der Waals surface area (Å²) in [6.45, 7) is 2.47. The van der Waals surface area contributed by atoms with Crippen molar-refractivity contribution in [2.45, 2.75) is 32.4 Å². The SMILES string of the molecule is Cc1oncc1-c1nc(CNC2CC2)no1. The highest BCUT2D eigenvalue weighted by Crippen LogP contribution is 2.21. The van der Waals surface area contributed by atoms with Crippen LogP contribution >= 0.6 is 0 Å². The molecule has 1 fully saturated rings. The molecule has 2 heterocycles. The fraction of sp³-hybridized carbons (Fsp3) is 0.500. The third-order valence-electron chi connectivity index (χ3n) is 2.58. The van der Waals surface area contributed by atoms with E-state index in [0.29, 0.717) is 30.1 Å². The summed E-state index contributed by atoms with van der Waals surface area (Å²) in [5, 5.41) is 10.9. The topological polar surface area (TPSA) is 77.0 Å². The minimum Gasteiger partial charge on any atom is -0.361 e. The van der Waals surface area contributed by atoms with E-state index in [0.717, 1.165) is 5.56 Å². The maximum Gasteiger partial charge on any atom is 0.263 e. The van der Waals surface area contributed by atoms with Gasteiger partial charge in [0, 0.05) is 6.04 Å². The van der Waals surface area contributed by atoms with Gasteiger partial charge in [0.1, 0.15) is 11.3 Å². The highest BCUT2D eigenvalue weighted by atomic mass is 16.5. The smallest absolute Gasteiger partial charge is 0.263 e. The summed E-state index contributed by atoms with van der Waals surface area (Å²) in [7, 11) is 0. The van der Waals surface area contributed by atoms with E-state index in [2.05, 4.69) is 20.6 Å². The van der Waals surface area contributed by atoms with Crippen LogP contribution in [0.25, 0.3) is 11.5 Å². The molecule has 0 saturated heterocycles. The number of aryl methyl sites for hydroxylation is 1. The molecule has 0 aliphatic heterocycles. The van der Waals surface area contributed by atoms with E-state index in [1.165, 1.54) is 12.8 Å². The average Bonchev–Trinajstić information content (AvgIpc) is 2.82. The first-order valence-corrected chi connectivity index (χ1v) is 5.30. The Labute approximate surface area is 92.0 Å². The summed E-state index contributed by atoms with van der Waals surface area (Å²) >= 11 is 0. The zero-order valence-electron chi connectivity index (χ0n) is 8.93. The first-order valence-electron chi connectivity index (χ1n) is 5.30. The lowest BCUT2D eigenvalue weighted by Crippen LogP contribution is -2.16. The Morgan fingerprint density at radius 3 is 3.00 bits per heavy atom. The molecular weight excluding hydrogens is 208 g/mol. The molecule has 6 heteroatoms. The summed E-state index contributed by atoms with van der Waals surface area (Å²) < 4.78 is 10.1. The summed E-state index contributed by atoms with van der Waals surface area (Å²) in [5.74, 6) is 1.82. The van der Waals surface area contributed by atoms with Crippen LogP contribution < -0.4 is 5.32 Å². The second-order valence-corrected chi connectivity index (χ2v) is 3.97. The Hall–Kier alpha value is -1.69. The van der Waals surface area contributed by atoms with E-state index in [9.17, 15) is 0 Å². The van der Waals surface area contributed by atoms with E-state index in [1.807, 2.05) is 6.92 Å². The van der Waals surface area contributed by atoms with Crippen LogP contribution in [0.1, 0.15) is 24.4 Å². The molecular formula is C10H12N4O2. The van der Waals surface area contributed by atoms with E-state index in [4.69, 9.17) is 9.05 Å². The van der Waals surface area contributed by atoms with Crippen molar-refractivity contribution >= 4 is 0 Å². The Kier molecular flexibility index (Phi) is 2.21. The minimum atomic E-state index is 0.464. The van der Waals surface area contributed by atoms with Crippen LogP contribution in [0.4, 0.5) is 0 Å². The zero-order valence-corrected chi connectivity index (χ0v) is 8.93. The van der Waals surface area contributed by atoms with Crippen LogP contribution in [0.5, 0.6) is 0 Å². The van der Waals surface area contributed by atoms with Gasteiger partial charge < -0.3 is 14.4 Å². The van der Waals surface area contributed by atoms with Gasteiger partial charge in [-0.1, -0.05) is 10.3 Å². The normalized spacial score (nSPS) is 15.6. The van der Waals surface area contributed by atoms with Gasteiger partial charge in [0.15, 0.2) is 5.82 Å². The molecule has 3 rings (SSSR count). The van der Waals surface area contributed by atoms with Gasteiger partial charge in [-0.05, 0) is 19.8 Å². The molecule has 16 heavy (non-hydrogen) atoms. The van der Waals surface area contributed by atoms with Gasteiger partial charge in [-0.2, -0.15) is 4.98 Å². The number of nitrogens with one attached hydrogen (secondary N) is 1. The maximum absolute atomic E-state index is 5.14. The molecule has 6 nitrogen and oxygen atoms in total. The average molecular weight is 220 g/mol. The van der Waals surface area contributed by atoms with Gasteiger partial charge in [0.05, 0.1) is 12.7 Å². The van der Waals surface area contributed by atoms with Gasteiger partial charge in [0.2, 0.25) is 0 Å². The minimum absolute atomic E-state index is 0.464. The Morgan fingerprint density at radius 1 is 1.44 bits per heavy atom. The van der Waals surface area contributed by atoms with Crippen LogP contribution in [0, 0.1) is 6.92 Å². The van der Waals surface area contributed by atoms with Crippen LogP contribution in [0.3, 0.4) is 0 Å².